The average molecular weight is 739 g/mol. The van der Waals surface area contributed by atoms with E-state index in [-0.39, 0.29) is 57.6 Å². The van der Waals surface area contributed by atoms with E-state index in [9.17, 15) is 24.0 Å². The van der Waals surface area contributed by atoms with Gasteiger partial charge < -0.3 is 28.4 Å². The lowest BCUT2D eigenvalue weighted by Crippen LogP contribution is -2.35. The number of carbonyl (C=O) groups excluding carboxylic acids is 5. The molecule has 0 radical (unpaired) electrons. The zero-order valence-corrected chi connectivity index (χ0v) is 32.4. The lowest BCUT2D eigenvalue weighted by molar-refractivity contribution is -0.157. The molecule has 0 saturated heterocycles. The molecule has 0 aromatic heterocycles. The van der Waals surface area contributed by atoms with Crippen LogP contribution >= 0.6 is 0 Å². The van der Waals surface area contributed by atoms with Crippen molar-refractivity contribution in [1.82, 2.24) is 0 Å². The summed E-state index contributed by atoms with van der Waals surface area (Å²) in [4.78, 5) is 61.0. The summed E-state index contributed by atoms with van der Waals surface area (Å²) < 4.78 is 32.2. The van der Waals surface area contributed by atoms with Crippen LogP contribution in [0.25, 0.3) is 6.08 Å². The van der Waals surface area contributed by atoms with E-state index in [2.05, 4.69) is 6.92 Å². The Balaban J connectivity index is 1.66. The minimum absolute atomic E-state index is 0.00201. The van der Waals surface area contributed by atoms with Crippen molar-refractivity contribution in [2.45, 2.75) is 112 Å². The van der Waals surface area contributed by atoms with E-state index >= 15 is 0 Å². The molecule has 0 atom stereocenters. The molecule has 53 heavy (non-hydrogen) atoms. The van der Waals surface area contributed by atoms with Gasteiger partial charge in [-0.15, -0.1) is 0 Å². The van der Waals surface area contributed by atoms with Gasteiger partial charge in [0.25, 0.3) is 0 Å². The topological polar surface area (TPSA) is 141 Å². The molecule has 0 bridgehead atoms. The second-order valence-electron chi connectivity index (χ2n) is 13.8. The maximum Gasteiger partial charge on any atom is 0.330 e. The molecule has 0 N–H and O–H groups in total. The molecule has 292 valence electrons. The first-order chi connectivity index (χ1) is 25.3. The fourth-order valence-electron chi connectivity index (χ4n) is 4.66. The Labute approximate surface area is 314 Å². The minimum atomic E-state index is -1.11. The lowest BCUT2D eigenvalue weighted by Gasteiger charge is -2.24. The monoisotopic (exact) mass is 738 g/mol. The Hall–Kier alpha value is -4.51. The molecule has 0 spiro atoms. The van der Waals surface area contributed by atoms with Gasteiger partial charge in [-0.3, -0.25) is 19.2 Å². The molecular formula is C42H58O11. The highest BCUT2D eigenvalue weighted by Gasteiger charge is 2.30. The number of esters is 4. The number of ketones is 1. The van der Waals surface area contributed by atoms with Crippen LogP contribution in [0.5, 0.6) is 5.75 Å². The number of unbranched alkanes of at least 4 members (excludes halogenated alkanes) is 5. The van der Waals surface area contributed by atoms with Crippen molar-refractivity contribution < 1.29 is 52.4 Å². The van der Waals surface area contributed by atoms with Crippen molar-refractivity contribution in [3.63, 3.8) is 0 Å². The Morgan fingerprint density at radius 2 is 1.23 bits per heavy atom. The lowest BCUT2D eigenvalue weighted by atomic mass is 9.91. The van der Waals surface area contributed by atoms with Gasteiger partial charge in [-0.1, -0.05) is 70.2 Å². The number of hydrogen-bond donors (Lipinski definition) is 0. The van der Waals surface area contributed by atoms with Crippen molar-refractivity contribution in [3.8, 4) is 5.75 Å². The molecule has 0 aliphatic carbocycles. The van der Waals surface area contributed by atoms with Crippen LogP contribution in [0.15, 0.2) is 54.6 Å². The van der Waals surface area contributed by atoms with Crippen LogP contribution in [0.2, 0.25) is 0 Å². The number of benzene rings is 2. The van der Waals surface area contributed by atoms with Crippen LogP contribution in [-0.2, 0) is 49.5 Å². The van der Waals surface area contributed by atoms with Crippen molar-refractivity contribution in [1.29, 1.82) is 0 Å². The van der Waals surface area contributed by atoms with E-state index in [0.717, 1.165) is 30.4 Å². The fourth-order valence-corrected chi connectivity index (χ4v) is 4.66. The normalized spacial score (nSPS) is 11.6. The number of ether oxygens (including phenoxy) is 6. The van der Waals surface area contributed by atoms with E-state index in [1.165, 1.54) is 25.3 Å². The summed E-state index contributed by atoms with van der Waals surface area (Å²) in [5, 5.41) is 0. The van der Waals surface area contributed by atoms with E-state index < -0.39 is 28.9 Å². The van der Waals surface area contributed by atoms with Crippen LogP contribution in [-0.4, -0.2) is 68.3 Å². The number of Topliss-reactive ketones (excluding diaryl/α,β-unsaturated/α-hetero) is 1. The van der Waals surface area contributed by atoms with Gasteiger partial charge in [-0.05, 0) is 82.0 Å². The van der Waals surface area contributed by atoms with Gasteiger partial charge in [0.05, 0.1) is 31.5 Å². The average Bonchev–Trinajstić information content (AvgIpc) is 3.15. The molecular weight excluding hydrogens is 680 g/mol. The predicted molar refractivity (Wildman–Crippen MR) is 201 cm³/mol. The first-order valence-electron chi connectivity index (χ1n) is 18.6. The van der Waals surface area contributed by atoms with Crippen LogP contribution in [0.4, 0.5) is 0 Å². The molecule has 0 aliphatic heterocycles. The minimum Gasteiger partial charge on any atom is -0.490 e. The predicted octanol–water partition coefficient (Wildman–Crippen LogP) is 8.01. The first kappa shape index (κ1) is 44.7. The molecule has 0 amide bonds. The Bertz CT molecular complexity index is 1460. The third-order valence-corrected chi connectivity index (χ3v) is 8.56. The van der Waals surface area contributed by atoms with Gasteiger partial charge in [0.1, 0.15) is 37.8 Å². The van der Waals surface area contributed by atoms with E-state index in [1.807, 2.05) is 31.2 Å². The third-order valence-electron chi connectivity index (χ3n) is 8.56. The molecule has 0 saturated carbocycles. The van der Waals surface area contributed by atoms with E-state index in [1.54, 1.807) is 58.0 Å². The maximum atomic E-state index is 13.2. The zero-order chi connectivity index (χ0) is 39.1. The molecule has 0 unspecified atom stereocenters. The third kappa shape index (κ3) is 18.2. The SMILES string of the molecule is CCCCCCCCOC(=O)CCC(=O)OCCOc1ccc(C(=O)C(C)(C)OCc2ccc(/C=C/C(=O)OCCOC(=O)C(C)(C)CC)cc2)cc1. The molecule has 0 aliphatic rings. The van der Waals surface area contributed by atoms with E-state index in [4.69, 9.17) is 28.4 Å². The van der Waals surface area contributed by atoms with Gasteiger partial charge in [-0.25, -0.2) is 4.79 Å². The second-order valence-corrected chi connectivity index (χ2v) is 13.8. The van der Waals surface area contributed by atoms with Gasteiger partial charge in [0.15, 0.2) is 5.78 Å². The zero-order valence-electron chi connectivity index (χ0n) is 32.4. The standard InChI is InChI=1S/C42H58O11/c1-7-9-10-11-12-13-26-49-37(44)24-25-38(45)50-28-27-48-35-21-19-34(20-22-35)39(46)42(5,6)53-31-33-16-14-32(15-17-33)18-23-36(43)51-29-30-52-40(47)41(3,4)8-2/h14-23H,7-13,24-31H2,1-6H3/b23-18+. The Morgan fingerprint density at radius 3 is 1.87 bits per heavy atom. The Kier molecular flexibility index (Phi) is 20.2. The highest BCUT2D eigenvalue weighted by atomic mass is 16.6. The van der Waals surface area contributed by atoms with Gasteiger partial charge in [0.2, 0.25) is 0 Å². The molecule has 2 rings (SSSR count). The maximum absolute atomic E-state index is 13.2. The Morgan fingerprint density at radius 1 is 0.642 bits per heavy atom. The highest BCUT2D eigenvalue weighted by Crippen LogP contribution is 2.23. The van der Waals surface area contributed by atoms with Crippen molar-refractivity contribution in [3.05, 3.63) is 71.3 Å². The fraction of sp³-hybridized carbons (Fsp3) is 0.548. The number of rotatable bonds is 26. The summed E-state index contributed by atoms with van der Waals surface area (Å²) in [5.41, 5.74) is 0.379. The van der Waals surface area contributed by atoms with Gasteiger partial charge in [-0.2, -0.15) is 0 Å². The quantitative estimate of drug-likeness (QED) is 0.0305. The van der Waals surface area contributed by atoms with Crippen molar-refractivity contribution in [2.24, 2.45) is 5.41 Å². The van der Waals surface area contributed by atoms with Crippen LogP contribution in [0.3, 0.4) is 0 Å². The molecule has 0 heterocycles. The summed E-state index contributed by atoms with van der Waals surface area (Å²) in [6.07, 6.45) is 10.1. The van der Waals surface area contributed by atoms with Crippen molar-refractivity contribution in [2.75, 3.05) is 33.0 Å². The summed E-state index contributed by atoms with van der Waals surface area (Å²) >= 11 is 0. The molecule has 2 aromatic carbocycles. The van der Waals surface area contributed by atoms with Crippen molar-refractivity contribution >= 4 is 35.7 Å². The molecule has 0 fully saturated rings. The molecule has 11 nitrogen and oxygen atoms in total. The highest BCUT2D eigenvalue weighted by molar-refractivity contribution is 6.02. The number of carbonyl (C=O) groups is 5. The largest absolute Gasteiger partial charge is 0.490 e. The summed E-state index contributed by atoms with van der Waals surface area (Å²) in [6.45, 7) is 11.8. The second kappa shape index (κ2) is 23.9. The van der Waals surface area contributed by atoms with E-state index in [0.29, 0.717) is 24.3 Å². The smallest absolute Gasteiger partial charge is 0.330 e. The summed E-state index contributed by atoms with van der Waals surface area (Å²) in [5.74, 6) is -1.47. The van der Waals surface area contributed by atoms with Crippen LogP contribution < -0.4 is 4.74 Å². The summed E-state index contributed by atoms with van der Waals surface area (Å²) in [7, 11) is 0. The summed E-state index contributed by atoms with van der Waals surface area (Å²) in [6, 6.07) is 14.0. The van der Waals surface area contributed by atoms with Gasteiger partial charge >= 0.3 is 23.9 Å². The number of hydrogen-bond acceptors (Lipinski definition) is 11. The molecule has 2 aromatic rings. The van der Waals surface area contributed by atoms with Gasteiger partial charge in [0, 0.05) is 11.6 Å². The molecule has 11 heteroatoms. The first-order valence-corrected chi connectivity index (χ1v) is 18.6. The van der Waals surface area contributed by atoms with Crippen LogP contribution in [0.1, 0.15) is 121 Å². The van der Waals surface area contributed by atoms with Crippen LogP contribution in [0, 0.1) is 5.41 Å².